The van der Waals surface area contributed by atoms with E-state index in [0.29, 0.717) is 39.2 Å². The van der Waals surface area contributed by atoms with Gasteiger partial charge < -0.3 is 14.5 Å². The molecule has 0 bridgehead atoms. The minimum absolute atomic E-state index is 0.0789. The van der Waals surface area contributed by atoms with E-state index in [2.05, 4.69) is 0 Å². The van der Waals surface area contributed by atoms with Crippen molar-refractivity contribution in [3.63, 3.8) is 0 Å². The molecule has 0 aromatic heterocycles. The van der Waals surface area contributed by atoms with Crippen LogP contribution in [-0.2, 0) is 20.9 Å². The van der Waals surface area contributed by atoms with Crippen LogP contribution < -0.4 is 0 Å². The van der Waals surface area contributed by atoms with Crippen molar-refractivity contribution in [3.8, 4) is 0 Å². The number of nitrogens with zero attached hydrogens (tertiary/aromatic N) is 2. The predicted molar refractivity (Wildman–Crippen MR) is 88.7 cm³/mol. The van der Waals surface area contributed by atoms with Gasteiger partial charge in [-0.05, 0) is 18.9 Å². The highest BCUT2D eigenvalue weighted by Crippen LogP contribution is 2.21. The Morgan fingerprint density at radius 1 is 1.35 bits per heavy atom. The lowest BCUT2D eigenvalue weighted by atomic mass is 10.1. The van der Waals surface area contributed by atoms with Crippen LogP contribution >= 0.6 is 0 Å². The Balaban J connectivity index is 1.92. The molecule has 1 unspecified atom stereocenters. The number of benzene rings is 1. The summed E-state index contributed by atoms with van der Waals surface area (Å²) in [6, 6.07) is 9.96. The summed E-state index contributed by atoms with van der Waals surface area (Å²) in [7, 11) is 1.65. The number of amides is 2. The van der Waals surface area contributed by atoms with Gasteiger partial charge >= 0.3 is 0 Å². The molecule has 2 rings (SSSR count). The molecule has 23 heavy (non-hydrogen) atoms. The van der Waals surface area contributed by atoms with Gasteiger partial charge in [-0.15, -0.1) is 0 Å². The van der Waals surface area contributed by atoms with Gasteiger partial charge in [0.15, 0.2) is 0 Å². The summed E-state index contributed by atoms with van der Waals surface area (Å²) in [6.07, 6.45) is 1.14. The van der Waals surface area contributed by atoms with Crippen LogP contribution in [0.3, 0.4) is 0 Å². The fourth-order valence-electron chi connectivity index (χ4n) is 2.96. The largest absolute Gasteiger partial charge is 0.385 e. The van der Waals surface area contributed by atoms with E-state index in [1.54, 1.807) is 12.0 Å². The molecule has 1 saturated heterocycles. The van der Waals surface area contributed by atoms with Gasteiger partial charge in [0, 0.05) is 46.3 Å². The SMILES string of the molecule is CCN(Cc1ccccc1)C(=O)C1CC(=O)N(CCCOC)C1. The molecule has 0 saturated carbocycles. The van der Waals surface area contributed by atoms with E-state index in [-0.39, 0.29) is 17.7 Å². The molecule has 1 aliphatic rings. The highest BCUT2D eigenvalue weighted by Gasteiger charge is 2.35. The molecule has 1 fully saturated rings. The molecule has 1 aromatic rings. The maximum Gasteiger partial charge on any atom is 0.228 e. The zero-order valence-corrected chi connectivity index (χ0v) is 14.0. The van der Waals surface area contributed by atoms with Crippen molar-refractivity contribution in [3.05, 3.63) is 35.9 Å². The molecule has 126 valence electrons. The fourth-order valence-corrected chi connectivity index (χ4v) is 2.96. The van der Waals surface area contributed by atoms with Crippen molar-refractivity contribution in [2.45, 2.75) is 26.3 Å². The molecular weight excluding hydrogens is 292 g/mol. The van der Waals surface area contributed by atoms with E-state index in [4.69, 9.17) is 4.74 Å². The fraction of sp³-hybridized carbons (Fsp3) is 0.556. The van der Waals surface area contributed by atoms with Crippen LogP contribution in [0.25, 0.3) is 0 Å². The molecule has 0 N–H and O–H groups in total. The van der Waals surface area contributed by atoms with Crippen LogP contribution in [0.2, 0.25) is 0 Å². The van der Waals surface area contributed by atoms with Gasteiger partial charge in [0.25, 0.3) is 0 Å². The van der Waals surface area contributed by atoms with Crippen molar-refractivity contribution in [2.75, 3.05) is 33.4 Å². The van der Waals surface area contributed by atoms with Gasteiger partial charge in [-0.3, -0.25) is 9.59 Å². The average Bonchev–Trinajstić information content (AvgIpc) is 2.94. The Morgan fingerprint density at radius 2 is 2.09 bits per heavy atom. The number of ether oxygens (including phenoxy) is 1. The first-order valence-corrected chi connectivity index (χ1v) is 8.25. The Hall–Kier alpha value is -1.88. The Bertz CT molecular complexity index is 518. The van der Waals surface area contributed by atoms with E-state index < -0.39 is 0 Å². The van der Waals surface area contributed by atoms with Crippen molar-refractivity contribution in [2.24, 2.45) is 5.92 Å². The van der Waals surface area contributed by atoms with Crippen LogP contribution in [0.4, 0.5) is 0 Å². The Morgan fingerprint density at radius 3 is 2.74 bits per heavy atom. The van der Waals surface area contributed by atoms with Crippen LogP contribution in [0.5, 0.6) is 0 Å². The normalized spacial score (nSPS) is 17.6. The molecule has 0 spiro atoms. The zero-order valence-electron chi connectivity index (χ0n) is 14.0. The third-order valence-electron chi connectivity index (χ3n) is 4.25. The molecule has 5 heteroatoms. The van der Waals surface area contributed by atoms with E-state index in [1.807, 2.05) is 42.2 Å². The summed E-state index contributed by atoms with van der Waals surface area (Å²) < 4.78 is 5.02. The quantitative estimate of drug-likeness (QED) is 0.688. The molecule has 1 aliphatic heterocycles. The predicted octanol–water partition coefficient (Wildman–Crippen LogP) is 1.92. The van der Waals surface area contributed by atoms with Crippen LogP contribution in [0.15, 0.2) is 30.3 Å². The maximum atomic E-state index is 12.7. The zero-order chi connectivity index (χ0) is 16.7. The first kappa shape index (κ1) is 17.5. The number of carbonyl (C=O) groups excluding carboxylic acids is 2. The van der Waals surface area contributed by atoms with Gasteiger partial charge in [-0.2, -0.15) is 0 Å². The third-order valence-corrected chi connectivity index (χ3v) is 4.25. The molecule has 1 aromatic carbocycles. The monoisotopic (exact) mass is 318 g/mol. The molecular formula is C18H26N2O3. The number of rotatable bonds is 8. The second-order valence-electron chi connectivity index (χ2n) is 5.93. The standard InChI is InChI=1S/C18H26N2O3/c1-3-19(13-15-8-5-4-6-9-15)18(22)16-12-17(21)20(14-16)10-7-11-23-2/h4-6,8-9,16H,3,7,10-14H2,1-2H3. The first-order chi connectivity index (χ1) is 11.2. The molecule has 0 aliphatic carbocycles. The summed E-state index contributed by atoms with van der Waals surface area (Å²) in [6.45, 7) is 5.08. The van der Waals surface area contributed by atoms with E-state index in [1.165, 1.54) is 0 Å². The molecule has 1 atom stereocenters. The summed E-state index contributed by atoms with van der Waals surface area (Å²) >= 11 is 0. The van der Waals surface area contributed by atoms with Crippen molar-refractivity contribution in [1.82, 2.24) is 9.80 Å². The van der Waals surface area contributed by atoms with E-state index in [9.17, 15) is 9.59 Å². The number of methoxy groups -OCH3 is 1. The maximum absolute atomic E-state index is 12.7. The minimum atomic E-state index is -0.214. The summed E-state index contributed by atoms with van der Waals surface area (Å²) in [5.41, 5.74) is 1.11. The smallest absolute Gasteiger partial charge is 0.228 e. The first-order valence-electron chi connectivity index (χ1n) is 8.25. The van der Waals surface area contributed by atoms with E-state index >= 15 is 0 Å². The third kappa shape index (κ3) is 4.79. The van der Waals surface area contributed by atoms with Crippen molar-refractivity contribution >= 4 is 11.8 Å². The number of likely N-dealkylation sites (tertiary alicyclic amines) is 1. The van der Waals surface area contributed by atoms with E-state index in [0.717, 1.165) is 12.0 Å². The number of carbonyl (C=O) groups is 2. The van der Waals surface area contributed by atoms with Crippen LogP contribution in [-0.4, -0.2) is 55.0 Å². The lowest BCUT2D eigenvalue weighted by molar-refractivity contribution is -0.136. The summed E-state index contributed by atoms with van der Waals surface area (Å²) in [5.74, 6) is -0.0529. The lowest BCUT2D eigenvalue weighted by Crippen LogP contribution is -2.37. The minimum Gasteiger partial charge on any atom is -0.385 e. The van der Waals surface area contributed by atoms with Crippen molar-refractivity contribution < 1.29 is 14.3 Å². The summed E-state index contributed by atoms with van der Waals surface area (Å²) in [5, 5.41) is 0. The summed E-state index contributed by atoms with van der Waals surface area (Å²) in [4.78, 5) is 28.4. The highest BCUT2D eigenvalue weighted by molar-refractivity contribution is 5.89. The average molecular weight is 318 g/mol. The lowest BCUT2D eigenvalue weighted by Gasteiger charge is -2.24. The molecule has 0 radical (unpaired) electrons. The Labute approximate surface area is 138 Å². The topological polar surface area (TPSA) is 49.9 Å². The molecule has 1 heterocycles. The number of hydrogen-bond donors (Lipinski definition) is 0. The van der Waals surface area contributed by atoms with Crippen LogP contribution in [0.1, 0.15) is 25.3 Å². The van der Waals surface area contributed by atoms with Gasteiger partial charge in [0.2, 0.25) is 11.8 Å². The van der Waals surface area contributed by atoms with Crippen LogP contribution in [0, 0.1) is 5.92 Å². The second-order valence-corrected chi connectivity index (χ2v) is 5.93. The van der Waals surface area contributed by atoms with Crippen molar-refractivity contribution in [1.29, 1.82) is 0 Å². The van der Waals surface area contributed by atoms with Gasteiger partial charge in [-0.1, -0.05) is 30.3 Å². The van der Waals surface area contributed by atoms with Gasteiger partial charge in [0.1, 0.15) is 0 Å². The molecule has 5 nitrogen and oxygen atoms in total. The second kappa shape index (κ2) is 8.67. The number of hydrogen-bond acceptors (Lipinski definition) is 3. The molecule has 2 amide bonds. The van der Waals surface area contributed by atoms with Gasteiger partial charge in [0.05, 0.1) is 5.92 Å². The van der Waals surface area contributed by atoms with Gasteiger partial charge in [-0.25, -0.2) is 0 Å². The highest BCUT2D eigenvalue weighted by atomic mass is 16.5. The Kier molecular flexibility index (Phi) is 6.59.